The van der Waals surface area contributed by atoms with Gasteiger partial charge in [0.1, 0.15) is 15.6 Å². The largest absolute Gasteiger partial charge is 0.388 e. The Balaban J connectivity index is 2.18. The molecule has 9 heteroatoms. The van der Waals surface area contributed by atoms with E-state index >= 15 is 0 Å². The van der Waals surface area contributed by atoms with Crippen LogP contribution in [0, 0.1) is 0 Å². The molecule has 0 aromatic carbocycles. The van der Waals surface area contributed by atoms with Gasteiger partial charge >= 0.3 is 0 Å². The fourth-order valence-electron chi connectivity index (χ4n) is 1.70. The number of carbonyl (C=O) groups is 1. The van der Waals surface area contributed by atoms with Crippen molar-refractivity contribution in [1.29, 1.82) is 0 Å². The molecule has 1 aromatic heterocycles. The van der Waals surface area contributed by atoms with Crippen molar-refractivity contribution in [2.75, 3.05) is 0 Å². The maximum absolute atomic E-state index is 12.3. The Hall–Kier alpha value is -1.58. The molecule has 1 aliphatic carbocycles. The second kappa shape index (κ2) is 6.04. The first-order valence-electron chi connectivity index (χ1n) is 6.39. The molecule has 2 rings (SSSR count). The second-order valence-electron chi connectivity index (χ2n) is 4.84. The lowest BCUT2D eigenvalue weighted by Gasteiger charge is -2.15. The number of thiocarbonyl (C=S) groups is 1. The van der Waals surface area contributed by atoms with Crippen LogP contribution < -0.4 is 15.8 Å². The maximum Gasteiger partial charge on any atom is 0.243 e. The molecule has 7 nitrogen and oxygen atoms in total. The fraction of sp³-hybridized carbons (Fsp3) is 0.417. The molecule has 1 saturated carbocycles. The summed E-state index contributed by atoms with van der Waals surface area (Å²) in [7, 11) is -3.94. The monoisotopic (exact) mass is 328 g/mol. The van der Waals surface area contributed by atoms with Gasteiger partial charge in [0.15, 0.2) is 0 Å². The van der Waals surface area contributed by atoms with E-state index in [1.165, 1.54) is 25.3 Å². The van der Waals surface area contributed by atoms with Crippen LogP contribution in [-0.2, 0) is 14.8 Å². The quantitative estimate of drug-likeness (QED) is 0.616. The third kappa shape index (κ3) is 3.96. The van der Waals surface area contributed by atoms with Gasteiger partial charge in [0, 0.05) is 12.2 Å². The van der Waals surface area contributed by atoms with Crippen molar-refractivity contribution in [3.05, 3.63) is 24.0 Å². The maximum atomic E-state index is 12.3. The molecule has 0 radical (unpaired) electrons. The molecule has 0 bridgehead atoms. The van der Waals surface area contributed by atoms with Crippen molar-refractivity contribution in [1.82, 2.24) is 15.0 Å². The lowest BCUT2D eigenvalue weighted by molar-refractivity contribution is -0.122. The number of hydrogen-bond donors (Lipinski definition) is 3. The Bertz CT molecular complexity index is 671. The van der Waals surface area contributed by atoms with E-state index in [2.05, 4.69) is 15.0 Å². The van der Waals surface area contributed by atoms with E-state index in [4.69, 9.17) is 18.0 Å². The smallest absolute Gasteiger partial charge is 0.243 e. The van der Waals surface area contributed by atoms with Crippen LogP contribution in [0.4, 0.5) is 0 Å². The summed E-state index contributed by atoms with van der Waals surface area (Å²) >= 11 is 4.79. The zero-order chi connectivity index (χ0) is 15.6. The number of nitrogens with one attached hydrogen (secondary N) is 2. The Labute approximate surface area is 128 Å². The molecule has 1 amide bonds. The molecule has 1 aliphatic rings. The van der Waals surface area contributed by atoms with Gasteiger partial charge in [-0.2, -0.15) is 4.72 Å². The highest BCUT2D eigenvalue weighted by molar-refractivity contribution is 7.89. The first kappa shape index (κ1) is 15.8. The number of aromatic nitrogens is 1. The predicted molar refractivity (Wildman–Crippen MR) is 81.1 cm³/mol. The predicted octanol–water partition coefficient (Wildman–Crippen LogP) is -0.339. The van der Waals surface area contributed by atoms with Crippen molar-refractivity contribution >= 4 is 33.1 Å². The molecule has 1 aromatic rings. The SMILES string of the molecule is CC(NS(=O)(=O)c1cccnc1C(N)=S)C(=O)NC1CC1. The summed E-state index contributed by atoms with van der Waals surface area (Å²) in [4.78, 5) is 15.4. The van der Waals surface area contributed by atoms with Crippen molar-refractivity contribution in [3.8, 4) is 0 Å². The number of nitrogens with zero attached hydrogens (tertiary/aromatic N) is 1. The van der Waals surface area contributed by atoms with E-state index in [1.807, 2.05) is 0 Å². The minimum absolute atomic E-state index is 0.00908. The van der Waals surface area contributed by atoms with Gasteiger partial charge in [-0.05, 0) is 31.9 Å². The van der Waals surface area contributed by atoms with Crippen LogP contribution in [0.15, 0.2) is 23.2 Å². The van der Waals surface area contributed by atoms with Gasteiger partial charge in [-0.15, -0.1) is 0 Å². The van der Waals surface area contributed by atoms with Gasteiger partial charge < -0.3 is 11.1 Å². The molecular formula is C12H16N4O3S2. The summed E-state index contributed by atoms with van der Waals surface area (Å²) < 4.78 is 27.0. The summed E-state index contributed by atoms with van der Waals surface area (Å²) in [6.07, 6.45) is 3.26. The molecule has 0 aliphatic heterocycles. The number of sulfonamides is 1. The molecule has 1 atom stereocenters. The van der Waals surface area contributed by atoms with Crippen molar-refractivity contribution < 1.29 is 13.2 Å². The highest BCUT2D eigenvalue weighted by Crippen LogP contribution is 2.19. The minimum Gasteiger partial charge on any atom is -0.388 e. The number of carbonyl (C=O) groups excluding carboxylic acids is 1. The van der Waals surface area contributed by atoms with Gasteiger partial charge in [-0.1, -0.05) is 12.2 Å². The fourth-order valence-corrected chi connectivity index (χ4v) is 3.30. The van der Waals surface area contributed by atoms with Crippen LogP contribution in [0.25, 0.3) is 0 Å². The highest BCUT2D eigenvalue weighted by Gasteiger charge is 2.29. The van der Waals surface area contributed by atoms with E-state index in [1.54, 1.807) is 0 Å². The van der Waals surface area contributed by atoms with Crippen LogP contribution >= 0.6 is 12.2 Å². The molecule has 0 spiro atoms. The minimum atomic E-state index is -3.94. The van der Waals surface area contributed by atoms with Gasteiger partial charge in [0.25, 0.3) is 0 Å². The molecule has 21 heavy (non-hydrogen) atoms. The van der Waals surface area contributed by atoms with E-state index in [0.717, 1.165) is 12.8 Å². The average Bonchev–Trinajstić information content (AvgIpc) is 3.22. The summed E-state index contributed by atoms with van der Waals surface area (Å²) in [5, 5.41) is 2.73. The lowest BCUT2D eigenvalue weighted by Crippen LogP contribution is -2.45. The molecule has 1 heterocycles. The third-order valence-corrected chi connectivity index (χ3v) is 4.71. The molecule has 1 unspecified atom stereocenters. The second-order valence-corrected chi connectivity index (χ2v) is 6.96. The van der Waals surface area contributed by atoms with E-state index in [-0.39, 0.29) is 27.5 Å². The van der Waals surface area contributed by atoms with E-state index in [9.17, 15) is 13.2 Å². The van der Waals surface area contributed by atoms with Crippen molar-refractivity contribution in [2.45, 2.75) is 36.7 Å². The number of pyridine rings is 1. The molecule has 114 valence electrons. The van der Waals surface area contributed by atoms with Gasteiger partial charge in [0.2, 0.25) is 15.9 Å². The van der Waals surface area contributed by atoms with Gasteiger partial charge in [0.05, 0.1) is 6.04 Å². The Kier molecular flexibility index (Phi) is 4.55. The van der Waals surface area contributed by atoms with Crippen LogP contribution in [-0.4, -0.2) is 36.4 Å². The zero-order valence-corrected chi connectivity index (χ0v) is 13.0. The van der Waals surface area contributed by atoms with Crippen molar-refractivity contribution in [2.24, 2.45) is 5.73 Å². The third-order valence-electron chi connectivity index (χ3n) is 2.94. The molecule has 4 N–H and O–H groups in total. The van der Waals surface area contributed by atoms with E-state index < -0.39 is 16.1 Å². The summed E-state index contributed by atoms with van der Waals surface area (Å²) in [6, 6.07) is 2.07. The van der Waals surface area contributed by atoms with Gasteiger partial charge in [-0.3, -0.25) is 9.78 Å². The van der Waals surface area contributed by atoms with Crippen molar-refractivity contribution in [3.63, 3.8) is 0 Å². The first-order valence-corrected chi connectivity index (χ1v) is 8.28. The summed E-state index contributed by atoms with van der Waals surface area (Å²) in [5.41, 5.74) is 5.48. The standard InChI is InChI=1S/C12H16N4O3S2/c1-7(12(17)15-8-4-5-8)16-21(18,19)9-3-2-6-14-10(9)11(13)20/h2-3,6-8,16H,4-5H2,1H3,(H2,13,20)(H,15,17). The zero-order valence-electron chi connectivity index (χ0n) is 11.4. The topological polar surface area (TPSA) is 114 Å². The van der Waals surface area contributed by atoms with Gasteiger partial charge in [-0.25, -0.2) is 8.42 Å². The number of amides is 1. The molecule has 0 saturated heterocycles. The number of nitrogens with two attached hydrogens (primary N) is 1. The number of hydrogen-bond acceptors (Lipinski definition) is 5. The van der Waals surface area contributed by atoms with Crippen LogP contribution in [0.3, 0.4) is 0 Å². The van der Waals surface area contributed by atoms with Crippen LogP contribution in [0.2, 0.25) is 0 Å². The lowest BCUT2D eigenvalue weighted by atomic mass is 10.3. The summed E-state index contributed by atoms with van der Waals surface area (Å²) in [5.74, 6) is -0.359. The Morgan fingerprint density at radius 3 is 2.76 bits per heavy atom. The van der Waals surface area contributed by atoms with Crippen LogP contribution in [0.5, 0.6) is 0 Å². The number of rotatable bonds is 6. The normalized spacial score (nSPS) is 16.2. The molecular weight excluding hydrogens is 312 g/mol. The van der Waals surface area contributed by atoms with E-state index in [0.29, 0.717) is 0 Å². The Morgan fingerprint density at radius 2 is 2.19 bits per heavy atom. The average molecular weight is 328 g/mol. The molecule has 1 fully saturated rings. The first-order chi connectivity index (χ1) is 9.81. The van der Waals surface area contributed by atoms with Crippen LogP contribution in [0.1, 0.15) is 25.5 Å². The highest BCUT2D eigenvalue weighted by atomic mass is 32.2. The Morgan fingerprint density at radius 1 is 1.52 bits per heavy atom. The summed E-state index contributed by atoms with van der Waals surface area (Å²) in [6.45, 7) is 1.48.